The van der Waals surface area contributed by atoms with Crippen molar-refractivity contribution in [1.82, 2.24) is 9.80 Å². The molecular formula is C20H27N3O2. The minimum Gasteiger partial charge on any atom is -0.366 e. The molecule has 1 aromatic rings. The molecular weight excluding hydrogens is 314 g/mol. The molecule has 0 spiro atoms. The highest BCUT2D eigenvalue weighted by atomic mass is 16.2. The van der Waals surface area contributed by atoms with Crippen molar-refractivity contribution < 1.29 is 9.59 Å². The van der Waals surface area contributed by atoms with E-state index in [0.29, 0.717) is 11.6 Å². The first-order chi connectivity index (χ1) is 12.0. The van der Waals surface area contributed by atoms with Gasteiger partial charge in [-0.25, -0.2) is 0 Å². The highest BCUT2D eigenvalue weighted by molar-refractivity contribution is 5.93. The Bertz CT molecular complexity index is 685. The lowest BCUT2D eigenvalue weighted by molar-refractivity contribution is -0.138. The molecule has 0 radical (unpaired) electrons. The van der Waals surface area contributed by atoms with Gasteiger partial charge in [0.2, 0.25) is 11.8 Å². The van der Waals surface area contributed by atoms with Gasteiger partial charge in [0.25, 0.3) is 0 Å². The zero-order valence-corrected chi connectivity index (χ0v) is 14.9. The van der Waals surface area contributed by atoms with Gasteiger partial charge in [0.15, 0.2) is 0 Å². The fraction of sp³-hybridized carbons (Fsp3) is 0.600. The summed E-state index contributed by atoms with van der Waals surface area (Å²) in [5.41, 5.74) is 6.96. The third-order valence-electron chi connectivity index (χ3n) is 6.24. The molecule has 1 aliphatic heterocycles. The third kappa shape index (κ3) is 3.17. The smallest absolute Gasteiger partial charge is 0.248 e. The fourth-order valence-electron chi connectivity index (χ4n) is 4.37. The molecule has 134 valence electrons. The van der Waals surface area contributed by atoms with Crippen LogP contribution in [0.25, 0.3) is 0 Å². The van der Waals surface area contributed by atoms with E-state index < -0.39 is 5.91 Å². The van der Waals surface area contributed by atoms with Crippen molar-refractivity contribution in [3.05, 3.63) is 35.4 Å². The molecule has 0 bridgehead atoms. The number of nitrogens with zero attached hydrogens (tertiary/aromatic N) is 2. The van der Waals surface area contributed by atoms with Crippen LogP contribution in [-0.2, 0) is 4.79 Å². The number of piperazine rings is 1. The van der Waals surface area contributed by atoms with Gasteiger partial charge in [0.1, 0.15) is 0 Å². The van der Waals surface area contributed by atoms with Crippen LogP contribution in [0.4, 0.5) is 0 Å². The van der Waals surface area contributed by atoms with Crippen LogP contribution in [-0.4, -0.2) is 53.3 Å². The maximum absolute atomic E-state index is 12.9. The van der Waals surface area contributed by atoms with E-state index >= 15 is 0 Å². The molecule has 1 saturated heterocycles. The first kappa shape index (κ1) is 16.6. The summed E-state index contributed by atoms with van der Waals surface area (Å²) in [5, 5.41) is 0. The van der Waals surface area contributed by atoms with E-state index in [9.17, 15) is 9.59 Å². The van der Waals surface area contributed by atoms with Gasteiger partial charge in [-0.05, 0) is 49.8 Å². The van der Waals surface area contributed by atoms with Crippen LogP contribution >= 0.6 is 0 Å². The first-order valence-corrected chi connectivity index (χ1v) is 9.49. The van der Waals surface area contributed by atoms with E-state index in [0.717, 1.165) is 37.7 Å². The number of nitrogens with two attached hydrogens (primary N) is 1. The summed E-state index contributed by atoms with van der Waals surface area (Å²) >= 11 is 0. The summed E-state index contributed by atoms with van der Waals surface area (Å²) in [6, 6.07) is 8.48. The monoisotopic (exact) mass is 341 g/mol. The highest BCUT2D eigenvalue weighted by Crippen LogP contribution is 2.49. The molecule has 4 rings (SSSR count). The summed E-state index contributed by atoms with van der Waals surface area (Å²) in [7, 11) is 0. The number of hydrogen-bond acceptors (Lipinski definition) is 3. The number of hydrogen-bond donors (Lipinski definition) is 1. The second-order valence-corrected chi connectivity index (χ2v) is 7.90. The second-order valence-electron chi connectivity index (χ2n) is 7.90. The average molecular weight is 341 g/mol. The number of primary amides is 1. The topological polar surface area (TPSA) is 66.6 Å². The van der Waals surface area contributed by atoms with E-state index in [1.165, 1.54) is 19.3 Å². The summed E-state index contributed by atoms with van der Waals surface area (Å²) < 4.78 is 0. The molecule has 1 heterocycles. The number of benzene rings is 1. The quantitative estimate of drug-likeness (QED) is 0.910. The van der Waals surface area contributed by atoms with Crippen molar-refractivity contribution in [1.29, 1.82) is 0 Å². The normalized spacial score (nSPS) is 30.0. The Morgan fingerprint density at radius 3 is 2.64 bits per heavy atom. The van der Waals surface area contributed by atoms with Crippen molar-refractivity contribution in [2.75, 3.05) is 19.6 Å². The van der Waals surface area contributed by atoms with E-state index in [1.807, 2.05) is 18.2 Å². The molecule has 2 unspecified atom stereocenters. The van der Waals surface area contributed by atoms with Crippen LogP contribution in [0.2, 0.25) is 0 Å². The summed E-state index contributed by atoms with van der Waals surface area (Å²) in [6.07, 6.45) is 4.88. The number of rotatable bonds is 4. The van der Waals surface area contributed by atoms with Crippen LogP contribution < -0.4 is 5.73 Å². The van der Waals surface area contributed by atoms with Crippen molar-refractivity contribution in [3.63, 3.8) is 0 Å². The molecule has 25 heavy (non-hydrogen) atoms. The Hall–Kier alpha value is -1.88. The molecule has 3 fully saturated rings. The molecule has 2 amide bonds. The maximum atomic E-state index is 12.9. The van der Waals surface area contributed by atoms with Crippen LogP contribution in [0, 0.1) is 5.92 Å². The molecule has 3 aliphatic rings. The van der Waals surface area contributed by atoms with Crippen molar-refractivity contribution in [3.8, 4) is 0 Å². The van der Waals surface area contributed by atoms with Gasteiger partial charge < -0.3 is 10.6 Å². The Balaban J connectivity index is 1.38. The van der Waals surface area contributed by atoms with Crippen LogP contribution in [0.15, 0.2) is 24.3 Å². The largest absolute Gasteiger partial charge is 0.366 e. The van der Waals surface area contributed by atoms with E-state index in [4.69, 9.17) is 5.73 Å². The standard InChI is InChI=1S/C20H27N3O2/c1-13-12-22(16-6-3-7-16)8-9-23(13)20(25)18-11-17(18)14-4-2-5-15(10-14)19(21)24/h2,4-5,10,13,16-18H,3,6-9,11-12H2,1H3,(H2,21,24)/t13-,17?,18?/m0/s1. The molecule has 2 N–H and O–H groups in total. The van der Waals surface area contributed by atoms with Crippen LogP contribution in [0.1, 0.15) is 54.4 Å². The van der Waals surface area contributed by atoms with Gasteiger partial charge in [-0.1, -0.05) is 18.6 Å². The van der Waals surface area contributed by atoms with Gasteiger partial charge in [-0.15, -0.1) is 0 Å². The van der Waals surface area contributed by atoms with E-state index in [2.05, 4.69) is 16.7 Å². The number of carbonyl (C=O) groups excluding carboxylic acids is 2. The van der Waals surface area contributed by atoms with E-state index in [1.54, 1.807) is 6.07 Å². The molecule has 5 nitrogen and oxygen atoms in total. The minimum atomic E-state index is -0.411. The third-order valence-corrected chi connectivity index (χ3v) is 6.24. The van der Waals surface area contributed by atoms with Crippen LogP contribution in [0.5, 0.6) is 0 Å². The van der Waals surface area contributed by atoms with Crippen molar-refractivity contribution in [2.45, 2.75) is 50.6 Å². The Morgan fingerprint density at radius 2 is 2.00 bits per heavy atom. The van der Waals surface area contributed by atoms with Gasteiger partial charge >= 0.3 is 0 Å². The Morgan fingerprint density at radius 1 is 1.20 bits per heavy atom. The Labute approximate surface area is 149 Å². The van der Waals surface area contributed by atoms with Gasteiger partial charge in [-0.3, -0.25) is 14.5 Å². The predicted molar refractivity (Wildman–Crippen MR) is 96.2 cm³/mol. The zero-order chi connectivity index (χ0) is 17.6. The number of amides is 2. The first-order valence-electron chi connectivity index (χ1n) is 9.49. The van der Waals surface area contributed by atoms with Crippen molar-refractivity contribution >= 4 is 11.8 Å². The lowest BCUT2D eigenvalue weighted by atomic mass is 9.90. The predicted octanol–water partition coefficient (Wildman–Crippen LogP) is 1.97. The van der Waals surface area contributed by atoms with E-state index in [-0.39, 0.29) is 17.7 Å². The lowest BCUT2D eigenvalue weighted by Gasteiger charge is -2.46. The summed E-state index contributed by atoms with van der Waals surface area (Å²) in [5.74, 6) is 0.186. The lowest BCUT2D eigenvalue weighted by Crippen LogP contribution is -2.58. The van der Waals surface area contributed by atoms with Gasteiger partial charge in [-0.2, -0.15) is 0 Å². The van der Waals surface area contributed by atoms with Gasteiger partial charge in [0.05, 0.1) is 0 Å². The zero-order valence-electron chi connectivity index (χ0n) is 14.9. The molecule has 1 aromatic carbocycles. The second kappa shape index (κ2) is 6.45. The van der Waals surface area contributed by atoms with Crippen LogP contribution in [0.3, 0.4) is 0 Å². The molecule has 5 heteroatoms. The molecule has 2 aliphatic carbocycles. The fourth-order valence-corrected chi connectivity index (χ4v) is 4.37. The maximum Gasteiger partial charge on any atom is 0.248 e. The molecule has 0 aromatic heterocycles. The SMILES string of the molecule is C[C@H]1CN(C2CCC2)CCN1C(=O)C1CC1c1cccc(C(N)=O)c1. The molecule has 2 saturated carbocycles. The number of carbonyl (C=O) groups is 2. The van der Waals surface area contributed by atoms with Gasteiger partial charge in [0, 0.05) is 43.2 Å². The minimum absolute atomic E-state index is 0.0702. The molecule has 3 atom stereocenters. The summed E-state index contributed by atoms with van der Waals surface area (Å²) in [6.45, 7) is 5.04. The highest BCUT2D eigenvalue weighted by Gasteiger charge is 2.47. The summed E-state index contributed by atoms with van der Waals surface area (Å²) in [4.78, 5) is 29.0. The van der Waals surface area contributed by atoms with Crippen molar-refractivity contribution in [2.24, 2.45) is 11.7 Å². The average Bonchev–Trinajstić information content (AvgIpc) is 3.33. The Kier molecular flexibility index (Phi) is 4.28.